The summed E-state index contributed by atoms with van der Waals surface area (Å²) in [5, 5.41) is 3.38. The van der Waals surface area contributed by atoms with Gasteiger partial charge in [0.1, 0.15) is 5.75 Å². The smallest absolute Gasteiger partial charge is 0.227 e. The van der Waals surface area contributed by atoms with Crippen LogP contribution >= 0.6 is 11.6 Å². The number of hydrogen-bond acceptors (Lipinski definition) is 2. The summed E-state index contributed by atoms with van der Waals surface area (Å²) in [5.74, 6) is 0.699. The minimum Gasteiger partial charge on any atom is -0.493 e. The summed E-state index contributed by atoms with van der Waals surface area (Å²) in [6.45, 7) is 4.38. The number of benzene rings is 2. The SMILES string of the molecule is Cc1cc(C)cc(OCCC(=O)Nc2cccc(Cl)c2)c1. The second kappa shape index (κ2) is 7.14. The van der Waals surface area contributed by atoms with Crippen LogP contribution in [0.3, 0.4) is 0 Å². The summed E-state index contributed by atoms with van der Waals surface area (Å²) in [5.41, 5.74) is 2.99. The molecule has 0 saturated heterocycles. The van der Waals surface area contributed by atoms with Crippen LogP contribution < -0.4 is 10.1 Å². The van der Waals surface area contributed by atoms with Crippen molar-refractivity contribution in [3.8, 4) is 5.75 Å². The number of halogens is 1. The molecule has 0 fully saturated rings. The first-order chi connectivity index (χ1) is 10.0. The number of hydrogen-bond donors (Lipinski definition) is 1. The lowest BCUT2D eigenvalue weighted by Crippen LogP contribution is -2.15. The largest absolute Gasteiger partial charge is 0.493 e. The van der Waals surface area contributed by atoms with Gasteiger partial charge in [-0.3, -0.25) is 4.79 Å². The molecule has 0 saturated carbocycles. The zero-order valence-corrected chi connectivity index (χ0v) is 12.9. The van der Waals surface area contributed by atoms with Crippen molar-refractivity contribution in [3.63, 3.8) is 0 Å². The van der Waals surface area contributed by atoms with Gasteiger partial charge in [-0.2, -0.15) is 0 Å². The van der Waals surface area contributed by atoms with E-state index in [1.54, 1.807) is 24.3 Å². The van der Waals surface area contributed by atoms with Gasteiger partial charge in [-0.1, -0.05) is 23.7 Å². The lowest BCUT2D eigenvalue weighted by atomic mass is 10.1. The van der Waals surface area contributed by atoms with Crippen molar-refractivity contribution in [2.24, 2.45) is 0 Å². The zero-order chi connectivity index (χ0) is 15.2. The van der Waals surface area contributed by atoms with Crippen molar-refractivity contribution in [2.75, 3.05) is 11.9 Å². The van der Waals surface area contributed by atoms with E-state index in [1.807, 2.05) is 26.0 Å². The molecule has 0 aliphatic heterocycles. The first-order valence-electron chi connectivity index (χ1n) is 6.79. The molecule has 0 aliphatic carbocycles. The molecule has 0 bridgehead atoms. The van der Waals surface area contributed by atoms with Crippen LogP contribution in [0.15, 0.2) is 42.5 Å². The molecule has 0 radical (unpaired) electrons. The number of carbonyl (C=O) groups excluding carboxylic acids is 1. The lowest BCUT2D eigenvalue weighted by Gasteiger charge is -2.09. The third kappa shape index (κ3) is 5.12. The van der Waals surface area contributed by atoms with Gasteiger partial charge in [-0.15, -0.1) is 0 Å². The van der Waals surface area contributed by atoms with Gasteiger partial charge in [-0.25, -0.2) is 0 Å². The van der Waals surface area contributed by atoms with E-state index in [2.05, 4.69) is 11.4 Å². The fourth-order valence-electron chi connectivity index (χ4n) is 2.07. The molecule has 2 rings (SSSR count). The van der Waals surface area contributed by atoms with E-state index in [-0.39, 0.29) is 5.91 Å². The van der Waals surface area contributed by atoms with Crippen LogP contribution in [0, 0.1) is 13.8 Å². The van der Waals surface area contributed by atoms with E-state index < -0.39 is 0 Å². The van der Waals surface area contributed by atoms with Crippen LogP contribution in [0.25, 0.3) is 0 Å². The number of anilines is 1. The molecule has 0 heterocycles. The molecular formula is C17H18ClNO2. The first kappa shape index (κ1) is 15.4. The zero-order valence-electron chi connectivity index (χ0n) is 12.2. The maximum absolute atomic E-state index is 11.8. The van der Waals surface area contributed by atoms with Gasteiger partial charge in [0, 0.05) is 10.7 Å². The monoisotopic (exact) mass is 303 g/mol. The fourth-order valence-corrected chi connectivity index (χ4v) is 2.26. The number of amides is 1. The lowest BCUT2D eigenvalue weighted by molar-refractivity contribution is -0.116. The Hall–Kier alpha value is -2.00. The molecule has 3 nitrogen and oxygen atoms in total. The molecule has 110 valence electrons. The van der Waals surface area contributed by atoms with Crippen LogP contribution in [0.5, 0.6) is 5.75 Å². The molecule has 1 N–H and O–H groups in total. The van der Waals surface area contributed by atoms with E-state index in [0.717, 1.165) is 16.9 Å². The third-order valence-electron chi connectivity index (χ3n) is 2.90. The molecule has 2 aromatic rings. The van der Waals surface area contributed by atoms with Crippen molar-refractivity contribution >= 4 is 23.2 Å². The standard InChI is InChI=1S/C17H18ClNO2/c1-12-8-13(2)10-16(9-12)21-7-6-17(20)19-15-5-3-4-14(18)11-15/h3-5,8-11H,6-7H2,1-2H3,(H,19,20). The Balaban J connectivity index is 1.81. The number of rotatable bonds is 5. The Kier molecular flexibility index (Phi) is 5.23. The van der Waals surface area contributed by atoms with Gasteiger partial charge in [0.15, 0.2) is 0 Å². The van der Waals surface area contributed by atoms with Gasteiger partial charge >= 0.3 is 0 Å². The molecule has 0 aliphatic rings. The minimum atomic E-state index is -0.0957. The van der Waals surface area contributed by atoms with Crippen molar-refractivity contribution in [3.05, 3.63) is 58.6 Å². The maximum Gasteiger partial charge on any atom is 0.227 e. The highest BCUT2D eigenvalue weighted by atomic mass is 35.5. The summed E-state index contributed by atoms with van der Waals surface area (Å²) >= 11 is 5.87. The molecule has 2 aromatic carbocycles. The van der Waals surface area contributed by atoms with Crippen LogP contribution in [0.4, 0.5) is 5.69 Å². The van der Waals surface area contributed by atoms with E-state index in [1.165, 1.54) is 0 Å². The average Bonchev–Trinajstić information content (AvgIpc) is 2.37. The fraction of sp³-hybridized carbons (Fsp3) is 0.235. The number of aryl methyl sites for hydroxylation is 2. The normalized spacial score (nSPS) is 10.2. The Bertz CT molecular complexity index is 620. The Morgan fingerprint density at radius 1 is 1.14 bits per heavy atom. The summed E-state index contributed by atoms with van der Waals surface area (Å²) in [6, 6.07) is 13.1. The van der Waals surface area contributed by atoms with Crippen molar-refractivity contribution in [2.45, 2.75) is 20.3 Å². The quantitative estimate of drug-likeness (QED) is 0.891. The van der Waals surface area contributed by atoms with E-state index in [4.69, 9.17) is 16.3 Å². The molecule has 21 heavy (non-hydrogen) atoms. The van der Waals surface area contributed by atoms with E-state index >= 15 is 0 Å². The van der Waals surface area contributed by atoms with Crippen molar-refractivity contribution in [1.82, 2.24) is 0 Å². The van der Waals surface area contributed by atoms with Crippen molar-refractivity contribution in [1.29, 1.82) is 0 Å². The Morgan fingerprint density at radius 3 is 2.52 bits per heavy atom. The van der Waals surface area contributed by atoms with Gasteiger partial charge in [-0.05, 0) is 55.3 Å². The van der Waals surface area contributed by atoms with Gasteiger partial charge < -0.3 is 10.1 Å². The van der Waals surface area contributed by atoms with Crippen LogP contribution in [0.2, 0.25) is 5.02 Å². The highest BCUT2D eigenvalue weighted by Crippen LogP contribution is 2.17. The Labute approximate surface area is 129 Å². The predicted octanol–water partition coefficient (Wildman–Crippen LogP) is 4.36. The molecular weight excluding hydrogens is 286 g/mol. The predicted molar refractivity (Wildman–Crippen MR) is 86.1 cm³/mol. The van der Waals surface area contributed by atoms with E-state index in [9.17, 15) is 4.79 Å². The van der Waals surface area contributed by atoms with Crippen LogP contribution in [-0.4, -0.2) is 12.5 Å². The molecule has 0 unspecified atom stereocenters. The third-order valence-corrected chi connectivity index (χ3v) is 3.14. The van der Waals surface area contributed by atoms with Gasteiger partial charge in [0.05, 0.1) is 13.0 Å². The maximum atomic E-state index is 11.8. The summed E-state index contributed by atoms with van der Waals surface area (Å²) < 4.78 is 5.61. The number of nitrogens with one attached hydrogen (secondary N) is 1. The number of carbonyl (C=O) groups is 1. The summed E-state index contributed by atoms with van der Waals surface area (Å²) in [6.07, 6.45) is 0.291. The van der Waals surface area contributed by atoms with Crippen LogP contribution in [-0.2, 0) is 4.79 Å². The molecule has 4 heteroatoms. The first-order valence-corrected chi connectivity index (χ1v) is 7.17. The molecule has 0 spiro atoms. The topological polar surface area (TPSA) is 38.3 Å². The molecule has 0 aromatic heterocycles. The molecule has 0 atom stereocenters. The number of ether oxygens (including phenoxy) is 1. The van der Waals surface area contributed by atoms with Crippen LogP contribution in [0.1, 0.15) is 17.5 Å². The van der Waals surface area contributed by atoms with Gasteiger partial charge in [0.25, 0.3) is 0 Å². The molecule has 1 amide bonds. The minimum absolute atomic E-state index is 0.0957. The average molecular weight is 304 g/mol. The van der Waals surface area contributed by atoms with Gasteiger partial charge in [0.2, 0.25) is 5.91 Å². The van der Waals surface area contributed by atoms with Crippen molar-refractivity contribution < 1.29 is 9.53 Å². The summed E-state index contributed by atoms with van der Waals surface area (Å²) in [7, 11) is 0. The highest BCUT2D eigenvalue weighted by Gasteiger charge is 2.04. The second-order valence-electron chi connectivity index (χ2n) is 4.98. The highest BCUT2D eigenvalue weighted by molar-refractivity contribution is 6.30. The summed E-state index contributed by atoms with van der Waals surface area (Å²) in [4.78, 5) is 11.8. The van der Waals surface area contributed by atoms with E-state index in [0.29, 0.717) is 23.7 Å². The Morgan fingerprint density at radius 2 is 1.86 bits per heavy atom. The second-order valence-corrected chi connectivity index (χ2v) is 5.42.